The van der Waals surface area contributed by atoms with Crippen molar-refractivity contribution in [3.63, 3.8) is 0 Å². The lowest BCUT2D eigenvalue weighted by Crippen LogP contribution is -2.30. The van der Waals surface area contributed by atoms with Crippen LogP contribution in [0.25, 0.3) is 0 Å². The van der Waals surface area contributed by atoms with Gasteiger partial charge in [0.1, 0.15) is 19.3 Å². The summed E-state index contributed by atoms with van der Waals surface area (Å²) in [7, 11) is -9.92. The van der Waals surface area contributed by atoms with E-state index in [2.05, 4.69) is 65.8 Å². The highest BCUT2D eigenvalue weighted by Crippen LogP contribution is 2.45. The number of rotatable bonds is 71. The minimum absolute atomic E-state index is 0.101. The minimum atomic E-state index is -4.96. The van der Waals surface area contributed by atoms with Crippen molar-refractivity contribution in [3.05, 3.63) is 24.3 Å². The molecule has 0 fully saturated rings. The van der Waals surface area contributed by atoms with Gasteiger partial charge in [0.05, 0.1) is 26.4 Å². The molecule has 19 heteroatoms. The Balaban J connectivity index is 5.26. The van der Waals surface area contributed by atoms with Gasteiger partial charge >= 0.3 is 39.5 Å². The van der Waals surface area contributed by atoms with Gasteiger partial charge in [-0.2, -0.15) is 0 Å². The van der Waals surface area contributed by atoms with E-state index in [1.807, 2.05) is 0 Å². The summed E-state index contributed by atoms with van der Waals surface area (Å²) < 4.78 is 68.3. The molecule has 6 atom stereocenters. The molecule has 0 radical (unpaired) electrons. The Morgan fingerprint density at radius 1 is 0.355 bits per heavy atom. The Labute approximate surface area is 567 Å². The zero-order valence-electron chi connectivity index (χ0n) is 60.0. The molecule has 0 saturated carbocycles. The summed E-state index contributed by atoms with van der Waals surface area (Å²) in [6.45, 7) is 9.47. The molecule has 0 aliphatic heterocycles. The number of aliphatic hydroxyl groups is 1. The minimum Gasteiger partial charge on any atom is -0.462 e. The third-order valence-corrected chi connectivity index (χ3v) is 18.8. The second-order valence-corrected chi connectivity index (χ2v) is 29.6. The summed E-state index contributed by atoms with van der Waals surface area (Å²) in [6.07, 6.45) is 55.0. The van der Waals surface area contributed by atoms with Crippen LogP contribution in [-0.2, 0) is 65.4 Å². The SMILES string of the molecule is CCCCCC/C=C\C=C/CCCCCCCC(=O)OC[C@H](COP(=O)(O)OC[C@@H](O)COP(=O)(O)OC[C@@H](COC(=O)CCCCCCCCC(C)C)OC(=O)CCCCCCCCCCCCC)OC(=O)CCCCCCCCCCCCCCCCC(C)CC. The van der Waals surface area contributed by atoms with Gasteiger partial charge in [0.2, 0.25) is 0 Å². The first-order chi connectivity index (χ1) is 44.9. The first kappa shape index (κ1) is 90.5. The van der Waals surface area contributed by atoms with Crippen LogP contribution in [0.15, 0.2) is 24.3 Å². The van der Waals surface area contributed by atoms with E-state index in [1.165, 1.54) is 148 Å². The van der Waals surface area contributed by atoms with Crippen LogP contribution in [0.4, 0.5) is 0 Å². The summed E-state index contributed by atoms with van der Waals surface area (Å²) in [4.78, 5) is 72.6. The second-order valence-electron chi connectivity index (χ2n) is 26.7. The number of allylic oxidation sites excluding steroid dienone is 4. The van der Waals surface area contributed by atoms with Gasteiger partial charge in [0, 0.05) is 25.7 Å². The van der Waals surface area contributed by atoms with Crippen LogP contribution >= 0.6 is 15.6 Å². The standard InChI is InChI=1S/C74H140O17P2/c1-7-10-12-14-16-18-20-21-22-26-30-33-37-44-50-56-71(76)84-62-69(90-74(79)59-53-47-39-35-31-27-24-23-25-29-32-36-43-49-55-67(6)9-3)64-88-92(80,81)86-60-68(75)61-87-93(82,83)89-65-70(63-85-72(77)57-51-45-41-40-42-48-54-66(4)5)91-73(78)58-52-46-38-34-28-19-17-15-13-11-8-2/h18,20-22,66-70,75H,7-17,19,23-65H2,1-6H3,(H,80,81)(H,82,83)/b20-18-,22-21-/t67?,68-,69-,70-/m1/s1. The molecule has 17 nitrogen and oxygen atoms in total. The van der Waals surface area contributed by atoms with E-state index in [0.717, 1.165) is 121 Å². The van der Waals surface area contributed by atoms with Gasteiger partial charge in [-0.3, -0.25) is 37.3 Å². The maximum absolute atomic E-state index is 13.1. The number of unbranched alkanes of at least 4 members (excludes halogenated alkanes) is 37. The molecule has 0 aliphatic carbocycles. The van der Waals surface area contributed by atoms with Crippen LogP contribution < -0.4 is 0 Å². The Kier molecular flexibility index (Phi) is 63.7. The molecule has 93 heavy (non-hydrogen) atoms. The quantitative estimate of drug-likeness (QED) is 0.0169. The molecule has 0 rings (SSSR count). The highest BCUT2D eigenvalue weighted by Gasteiger charge is 2.30. The Bertz CT molecular complexity index is 1900. The number of esters is 4. The maximum Gasteiger partial charge on any atom is 0.472 e. The molecule has 0 bridgehead atoms. The number of phosphoric ester groups is 2. The third-order valence-electron chi connectivity index (χ3n) is 16.9. The molecule has 0 aromatic carbocycles. The van der Waals surface area contributed by atoms with E-state index in [1.54, 1.807) is 0 Å². The van der Waals surface area contributed by atoms with Crippen LogP contribution in [0, 0.1) is 11.8 Å². The summed E-state index contributed by atoms with van der Waals surface area (Å²) in [6, 6.07) is 0. The Morgan fingerprint density at radius 2 is 0.634 bits per heavy atom. The van der Waals surface area contributed by atoms with Crippen molar-refractivity contribution in [1.82, 2.24) is 0 Å². The lowest BCUT2D eigenvalue weighted by atomic mass is 9.99. The van der Waals surface area contributed by atoms with Crippen LogP contribution in [0.2, 0.25) is 0 Å². The van der Waals surface area contributed by atoms with Gasteiger partial charge in [0.15, 0.2) is 12.2 Å². The fourth-order valence-corrected chi connectivity index (χ4v) is 12.3. The average molecular weight is 1360 g/mol. The summed E-state index contributed by atoms with van der Waals surface area (Å²) in [5.41, 5.74) is 0. The zero-order chi connectivity index (χ0) is 68.6. The average Bonchev–Trinajstić information content (AvgIpc) is 1.69. The highest BCUT2D eigenvalue weighted by molar-refractivity contribution is 7.47. The molecule has 0 amide bonds. The van der Waals surface area contributed by atoms with Crippen molar-refractivity contribution in [3.8, 4) is 0 Å². The van der Waals surface area contributed by atoms with Crippen LogP contribution in [0.3, 0.4) is 0 Å². The molecule has 0 saturated heterocycles. The lowest BCUT2D eigenvalue weighted by molar-refractivity contribution is -0.161. The predicted molar refractivity (Wildman–Crippen MR) is 377 cm³/mol. The zero-order valence-corrected chi connectivity index (χ0v) is 61.8. The molecule has 3 N–H and O–H groups in total. The van der Waals surface area contributed by atoms with Crippen LogP contribution in [0.1, 0.15) is 356 Å². The van der Waals surface area contributed by atoms with Crippen molar-refractivity contribution < 1.29 is 80.2 Å². The number of hydrogen-bond acceptors (Lipinski definition) is 15. The topological polar surface area (TPSA) is 237 Å². The monoisotopic (exact) mass is 1360 g/mol. The van der Waals surface area contributed by atoms with E-state index in [4.69, 9.17) is 37.0 Å². The number of ether oxygens (including phenoxy) is 4. The smallest absolute Gasteiger partial charge is 0.462 e. The summed E-state index contributed by atoms with van der Waals surface area (Å²) in [5, 5.41) is 10.6. The van der Waals surface area contributed by atoms with E-state index in [9.17, 15) is 43.2 Å². The lowest BCUT2D eigenvalue weighted by Gasteiger charge is -2.21. The van der Waals surface area contributed by atoms with Gasteiger partial charge in [-0.1, -0.05) is 303 Å². The Morgan fingerprint density at radius 3 is 0.968 bits per heavy atom. The van der Waals surface area contributed by atoms with E-state index in [0.29, 0.717) is 31.6 Å². The summed E-state index contributed by atoms with van der Waals surface area (Å²) >= 11 is 0. The largest absolute Gasteiger partial charge is 0.472 e. The molecule has 0 aromatic heterocycles. The number of carbonyl (C=O) groups excluding carboxylic acids is 4. The van der Waals surface area contributed by atoms with E-state index >= 15 is 0 Å². The van der Waals surface area contributed by atoms with Gasteiger partial charge in [-0.05, 0) is 63.2 Å². The molecular formula is C74H140O17P2. The number of hydrogen-bond donors (Lipinski definition) is 3. The fourth-order valence-electron chi connectivity index (χ4n) is 10.7. The normalized spacial score (nSPS) is 14.5. The first-order valence-electron chi connectivity index (χ1n) is 37.8. The van der Waals surface area contributed by atoms with Crippen LogP contribution in [0.5, 0.6) is 0 Å². The van der Waals surface area contributed by atoms with Gasteiger partial charge in [-0.15, -0.1) is 0 Å². The molecule has 0 heterocycles. The van der Waals surface area contributed by atoms with Crippen molar-refractivity contribution in [2.45, 2.75) is 374 Å². The fraction of sp³-hybridized carbons (Fsp3) is 0.892. The van der Waals surface area contributed by atoms with Gasteiger partial charge in [0.25, 0.3) is 0 Å². The number of carbonyl (C=O) groups is 4. The van der Waals surface area contributed by atoms with Gasteiger partial charge < -0.3 is 33.8 Å². The Hall–Kier alpha value is -2.46. The molecular weight excluding hydrogens is 1220 g/mol. The molecule has 548 valence electrons. The predicted octanol–water partition coefficient (Wildman–Crippen LogP) is 21.1. The van der Waals surface area contributed by atoms with Crippen molar-refractivity contribution >= 4 is 39.5 Å². The molecule has 0 aromatic rings. The van der Waals surface area contributed by atoms with Crippen molar-refractivity contribution in [1.29, 1.82) is 0 Å². The molecule has 0 aliphatic rings. The number of phosphoric acid groups is 2. The number of aliphatic hydroxyl groups excluding tert-OH is 1. The van der Waals surface area contributed by atoms with E-state index in [-0.39, 0.29) is 25.7 Å². The van der Waals surface area contributed by atoms with Crippen molar-refractivity contribution in [2.75, 3.05) is 39.6 Å². The molecule has 0 spiro atoms. The first-order valence-corrected chi connectivity index (χ1v) is 40.8. The molecule has 3 unspecified atom stereocenters. The summed E-state index contributed by atoms with van der Waals surface area (Å²) in [5.74, 6) is -0.629. The maximum atomic E-state index is 13.1. The second kappa shape index (κ2) is 65.5. The van der Waals surface area contributed by atoms with Gasteiger partial charge in [-0.25, -0.2) is 9.13 Å². The van der Waals surface area contributed by atoms with Crippen LogP contribution in [-0.4, -0.2) is 96.7 Å². The highest BCUT2D eigenvalue weighted by atomic mass is 31.2. The van der Waals surface area contributed by atoms with E-state index < -0.39 is 97.5 Å². The van der Waals surface area contributed by atoms with Crippen molar-refractivity contribution in [2.24, 2.45) is 11.8 Å². The third kappa shape index (κ3) is 66.6.